The lowest BCUT2D eigenvalue weighted by molar-refractivity contribution is -0.195. The van der Waals surface area contributed by atoms with Gasteiger partial charge in [-0.1, -0.05) is 43.3 Å². The zero-order valence-electron chi connectivity index (χ0n) is 16.3. The van der Waals surface area contributed by atoms with E-state index in [0.717, 1.165) is 54.8 Å². The topological polar surface area (TPSA) is 41.6 Å². The Morgan fingerprint density at radius 1 is 1.03 bits per heavy atom. The molecule has 1 saturated heterocycles. The molecule has 0 aromatic heterocycles. The molecule has 0 unspecified atom stereocenters. The van der Waals surface area contributed by atoms with Gasteiger partial charge >= 0.3 is 12.1 Å². The maximum absolute atomic E-state index is 12.7. The van der Waals surface area contributed by atoms with E-state index in [1.807, 2.05) is 24.3 Å². The fraction of sp³-hybridized carbons (Fsp3) is 0.409. The van der Waals surface area contributed by atoms with Gasteiger partial charge in [0.1, 0.15) is 0 Å². The lowest BCUT2D eigenvalue weighted by Crippen LogP contribution is -2.42. The lowest BCUT2D eigenvalue weighted by Gasteiger charge is -2.31. The Morgan fingerprint density at radius 3 is 2.10 bits per heavy atom. The Labute approximate surface area is 168 Å². The van der Waals surface area contributed by atoms with Crippen molar-refractivity contribution in [2.24, 2.45) is 0 Å². The first-order valence-electron chi connectivity index (χ1n) is 9.81. The van der Waals surface area contributed by atoms with Crippen molar-refractivity contribution < 1.29 is 22.8 Å². The van der Waals surface area contributed by atoms with Crippen LogP contribution in [0.15, 0.2) is 48.5 Å². The van der Waals surface area contributed by atoms with Crippen LogP contribution in [0.4, 0.5) is 13.2 Å². The van der Waals surface area contributed by atoms with E-state index in [9.17, 15) is 18.0 Å². The summed E-state index contributed by atoms with van der Waals surface area (Å²) in [6.07, 6.45) is -2.14. The third kappa shape index (κ3) is 6.05. The van der Waals surface area contributed by atoms with Crippen LogP contribution in [0, 0.1) is 0 Å². The van der Waals surface area contributed by atoms with Crippen LogP contribution >= 0.6 is 0 Å². The highest BCUT2D eigenvalue weighted by atomic mass is 19.4. The number of nitrogens with one attached hydrogen (secondary N) is 1. The third-order valence-corrected chi connectivity index (χ3v) is 5.07. The molecule has 2 aromatic rings. The Kier molecular flexibility index (Phi) is 6.92. The first kappa shape index (κ1) is 21.3. The number of benzene rings is 2. The third-order valence-electron chi connectivity index (χ3n) is 5.07. The number of hydroxylamine groups is 2. The zero-order valence-corrected chi connectivity index (χ0v) is 16.3. The highest BCUT2D eigenvalue weighted by molar-refractivity contribution is 5.68. The number of carbonyl (C=O) groups is 1. The van der Waals surface area contributed by atoms with Gasteiger partial charge in [0.2, 0.25) is 0 Å². The minimum atomic E-state index is -4.32. The van der Waals surface area contributed by atoms with E-state index >= 15 is 0 Å². The highest BCUT2D eigenvalue weighted by Gasteiger charge is 2.30. The van der Waals surface area contributed by atoms with Crippen LogP contribution in [0.25, 0.3) is 11.1 Å². The largest absolute Gasteiger partial charge is 0.416 e. The molecule has 1 aliphatic rings. The second-order valence-electron chi connectivity index (χ2n) is 7.17. The van der Waals surface area contributed by atoms with Crippen LogP contribution in [-0.4, -0.2) is 30.2 Å². The molecule has 3 rings (SSSR count). The summed E-state index contributed by atoms with van der Waals surface area (Å²) < 4.78 is 38.0. The van der Waals surface area contributed by atoms with E-state index in [4.69, 9.17) is 4.84 Å². The number of alkyl halides is 3. The van der Waals surface area contributed by atoms with Gasteiger partial charge in [-0.3, -0.25) is 4.79 Å². The summed E-state index contributed by atoms with van der Waals surface area (Å²) in [4.78, 5) is 16.6. The molecular weight excluding hydrogens is 381 g/mol. The summed E-state index contributed by atoms with van der Waals surface area (Å²) in [6, 6.07) is 13.4. The molecule has 1 heterocycles. The van der Waals surface area contributed by atoms with E-state index in [2.05, 4.69) is 5.32 Å². The summed E-state index contributed by atoms with van der Waals surface area (Å²) in [7, 11) is 0. The molecule has 29 heavy (non-hydrogen) atoms. The molecule has 0 aliphatic carbocycles. The first-order valence-corrected chi connectivity index (χ1v) is 9.81. The molecule has 1 fully saturated rings. The number of rotatable bonds is 6. The predicted molar refractivity (Wildman–Crippen MR) is 105 cm³/mol. The lowest BCUT2D eigenvalue weighted by atomic mass is 10.0. The number of halogens is 3. The standard InChI is InChI=1S/C22H25F3N2O2/c1-2-21(28)29-27-13-11-20(12-14-27)26-15-16-3-5-17(6-4-16)18-7-9-19(10-8-18)22(23,24)25/h3-10,20,26H,2,11-15H2,1H3. The predicted octanol–water partition coefficient (Wildman–Crippen LogP) is 4.79. The van der Waals surface area contributed by atoms with Crippen LogP contribution in [0.5, 0.6) is 0 Å². The van der Waals surface area contributed by atoms with Gasteiger partial charge in [0.25, 0.3) is 0 Å². The fourth-order valence-corrected chi connectivity index (χ4v) is 3.29. The van der Waals surface area contributed by atoms with Gasteiger partial charge in [0.15, 0.2) is 0 Å². The first-order chi connectivity index (χ1) is 13.8. The van der Waals surface area contributed by atoms with Crippen molar-refractivity contribution in [3.05, 3.63) is 59.7 Å². The van der Waals surface area contributed by atoms with Gasteiger partial charge in [-0.25, -0.2) is 0 Å². The van der Waals surface area contributed by atoms with Crippen LogP contribution in [0.3, 0.4) is 0 Å². The molecule has 1 aliphatic heterocycles. The van der Waals surface area contributed by atoms with Gasteiger partial charge in [-0.05, 0) is 41.7 Å². The normalized spacial score (nSPS) is 16.0. The summed E-state index contributed by atoms with van der Waals surface area (Å²) in [5, 5.41) is 5.24. The van der Waals surface area contributed by atoms with Crippen LogP contribution in [-0.2, 0) is 22.4 Å². The maximum Gasteiger partial charge on any atom is 0.416 e. The summed E-state index contributed by atoms with van der Waals surface area (Å²) in [6.45, 7) is 3.93. The van der Waals surface area contributed by atoms with E-state index in [-0.39, 0.29) is 5.97 Å². The van der Waals surface area contributed by atoms with Crippen molar-refractivity contribution in [2.45, 2.75) is 44.9 Å². The van der Waals surface area contributed by atoms with Crippen molar-refractivity contribution in [1.29, 1.82) is 0 Å². The minimum Gasteiger partial charge on any atom is -0.368 e. The molecule has 0 bridgehead atoms. The smallest absolute Gasteiger partial charge is 0.368 e. The number of piperidine rings is 1. The van der Waals surface area contributed by atoms with Crippen molar-refractivity contribution in [3.8, 4) is 11.1 Å². The monoisotopic (exact) mass is 406 g/mol. The second-order valence-corrected chi connectivity index (χ2v) is 7.17. The average molecular weight is 406 g/mol. The van der Waals surface area contributed by atoms with Crippen molar-refractivity contribution >= 4 is 5.97 Å². The number of hydrogen-bond donors (Lipinski definition) is 1. The molecule has 156 valence electrons. The van der Waals surface area contributed by atoms with Gasteiger partial charge in [-0.2, -0.15) is 13.2 Å². The van der Waals surface area contributed by atoms with E-state index in [1.54, 1.807) is 12.0 Å². The van der Waals surface area contributed by atoms with Crippen LogP contribution < -0.4 is 5.32 Å². The van der Waals surface area contributed by atoms with E-state index < -0.39 is 11.7 Å². The van der Waals surface area contributed by atoms with Gasteiger partial charge < -0.3 is 10.2 Å². The molecule has 4 nitrogen and oxygen atoms in total. The zero-order chi connectivity index (χ0) is 20.9. The van der Waals surface area contributed by atoms with Gasteiger partial charge in [0.05, 0.1) is 5.56 Å². The quantitative estimate of drug-likeness (QED) is 0.749. The Balaban J connectivity index is 1.48. The molecule has 0 amide bonds. The second kappa shape index (κ2) is 9.41. The van der Waals surface area contributed by atoms with Crippen molar-refractivity contribution in [2.75, 3.05) is 13.1 Å². The van der Waals surface area contributed by atoms with Crippen LogP contribution in [0.2, 0.25) is 0 Å². The fourth-order valence-electron chi connectivity index (χ4n) is 3.29. The van der Waals surface area contributed by atoms with Crippen molar-refractivity contribution in [3.63, 3.8) is 0 Å². The Morgan fingerprint density at radius 2 is 1.59 bits per heavy atom. The Hall–Kier alpha value is -2.38. The maximum atomic E-state index is 12.7. The van der Waals surface area contributed by atoms with Gasteiger partial charge in [0, 0.05) is 32.1 Å². The van der Waals surface area contributed by atoms with E-state index in [0.29, 0.717) is 19.0 Å². The molecule has 1 N–H and O–H groups in total. The summed E-state index contributed by atoms with van der Waals surface area (Å²) in [5.41, 5.74) is 2.11. The number of nitrogens with zero attached hydrogens (tertiary/aromatic N) is 1. The Bertz CT molecular complexity index is 796. The van der Waals surface area contributed by atoms with Gasteiger partial charge in [-0.15, -0.1) is 5.06 Å². The van der Waals surface area contributed by atoms with Crippen LogP contribution in [0.1, 0.15) is 37.3 Å². The average Bonchev–Trinajstić information content (AvgIpc) is 2.73. The summed E-state index contributed by atoms with van der Waals surface area (Å²) >= 11 is 0. The highest BCUT2D eigenvalue weighted by Crippen LogP contribution is 2.31. The van der Waals surface area contributed by atoms with Crippen molar-refractivity contribution in [1.82, 2.24) is 10.4 Å². The molecule has 0 radical (unpaired) electrons. The number of hydrogen-bond acceptors (Lipinski definition) is 4. The molecule has 0 saturated carbocycles. The number of carbonyl (C=O) groups excluding carboxylic acids is 1. The molecule has 0 spiro atoms. The molecular formula is C22H25F3N2O2. The minimum absolute atomic E-state index is 0.204. The van der Waals surface area contributed by atoms with E-state index in [1.165, 1.54) is 12.1 Å². The SMILES string of the molecule is CCC(=O)ON1CCC(NCc2ccc(-c3ccc(C(F)(F)F)cc3)cc2)CC1. The summed E-state index contributed by atoms with van der Waals surface area (Å²) in [5.74, 6) is -0.204. The molecule has 7 heteroatoms. The molecule has 0 atom stereocenters. The molecule has 2 aromatic carbocycles.